The van der Waals surface area contributed by atoms with Crippen molar-refractivity contribution in [3.05, 3.63) is 107 Å². The molecule has 0 radical (unpaired) electrons. The number of ether oxygens (including phenoxy) is 1. The van der Waals surface area contributed by atoms with Gasteiger partial charge in [-0.1, -0.05) is 90.0 Å². The van der Waals surface area contributed by atoms with Gasteiger partial charge in [-0.2, -0.15) is 0 Å². The summed E-state index contributed by atoms with van der Waals surface area (Å²) in [5.74, 6) is -1.28. The van der Waals surface area contributed by atoms with Gasteiger partial charge >= 0.3 is 5.97 Å². The van der Waals surface area contributed by atoms with Crippen molar-refractivity contribution in [2.24, 2.45) is 0 Å². The third-order valence-corrected chi connectivity index (χ3v) is 4.84. The summed E-state index contributed by atoms with van der Waals surface area (Å²) in [5, 5.41) is 2.56. The number of carbonyl (C=O) groups excluding carboxylic acids is 3. The van der Waals surface area contributed by atoms with Crippen molar-refractivity contribution in [3.63, 3.8) is 0 Å². The molecule has 1 amide bonds. The summed E-state index contributed by atoms with van der Waals surface area (Å²) >= 11 is 0. The molecule has 158 valence electrons. The Morgan fingerprint density at radius 3 is 2.00 bits per heavy atom. The van der Waals surface area contributed by atoms with Gasteiger partial charge in [0.25, 0.3) is 0 Å². The van der Waals surface area contributed by atoms with E-state index in [1.54, 1.807) is 24.3 Å². The second-order valence-electron chi connectivity index (χ2n) is 7.45. The number of benzene rings is 3. The van der Waals surface area contributed by atoms with Gasteiger partial charge in [-0.25, -0.2) is 0 Å². The molecule has 0 aliphatic carbocycles. The highest BCUT2D eigenvalue weighted by Crippen LogP contribution is 2.23. The van der Waals surface area contributed by atoms with E-state index in [4.69, 9.17) is 4.74 Å². The lowest BCUT2D eigenvalue weighted by molar-refractivity contribution is -0.147. The van der Waals surface area contributed by atoms with Gasteiger partial charge in [0, 0.05) is 11.1 Å². The summed E-state index contributed by atoms with van der Waals surface area (Å²) in [6.07, 6.45) is -0.917. The van der Waals surface area contributed by atoms with E-state index >= 15 is 0 Å². The molecule has 0 fully saturated rings. The summed E-state index contributed by atoms with van der Waals surface area (Å²) in [6.45, 7) is 3.56. The molecular weight excluding hydrogens is 390 g/mol. The first kappa shape index (κ1) is 22.0. The summed E-state index contributed by atoms with van der Waals surface area (Å²) in [7, 11) is 0. The minimum absolute atomic E-state index is 0.164. The van der Waals surface area contributed by atoms with E-state index in [9.17, 15) is 14.4 Å². The fourth-order valence-electron chi connectivity index (χ4n) is 3.07. The number of hydrogen-bond acceptors (Lipinski definition) is 4. The third kappa shape index (κ3) is 6.37. The largest absolute Gasteiger partial charge is 0.448 e. The molecule has 0 saturated heterocycles. The molecule has 0 heterocycles. The molecule has 1 N–H and O–H groups in total. The average Bonchev–Trinajstić information content (AvgIpc) is 2.77. The second kappa shape index (κ2) is 10.3. The number of ketones is 1. The first-order chi connectivity index (χ1) is 14.9. The first-order valence-corrected chi connectivity index (χ1v) is 10.1. The molecule has 0 saturated carbocycles. The topological polar surface area (TPSA) is 72.5 Å². The van der Waals surface area contributed by atoms with Gasteiger partial charge in [-0.3, -0.25) is 14.4 Å². The maximum Gasteiger partial charge on any atom is 0.326 e. The third-order valence-electron chi connectivity index (χ3n) is 4.84. The van der Waals surface area contributed by atoms with Crippen molar-refractivity contribution in [1.82, 2.24) is 5.32 Å². The number of rotatable bonds is 8. The first-order valence-electron chi connectivity index (χ1n) is 10.1. The Morgan fingerprint density at radius 2 is 1.39 bits per heavy atom. The van der Waals surface area contributed by atoms with Crippen LogP contribution in [0.3, 0.4) is 0 Å². The molecule has 1 atom stereocenters. The van der Waals surface area contributed by atoms with E-state index < -0.39 is 12.1 Å². The summed E-state index contributed by atoms with van der Waals surface area (Å²) in [4.78, 5) is 37.7. The van der Waals surface area contributed by atoms with Gasteiger partial charge in [-0.05, 0) is 19.4 Å². The van der Waals surface area contributed by atoms with E-state index in [1.165, 1.54) is 0 Å². The molecule has 0 aromatic heterocycles. The molecule has 5 nitrogen and oxygen atoms in total. The Kier molecular flexibility index (Phi) is 7.33. The van der Waals surface area contributed by atoms with Crippen molar-refractivity contribution in [2.75, 3.05) is 6.54 Å². The van der Waals surface area contributed by atoms with Crippen molar-refractivity contribution >= 4 is 17.7 Å². The van der Waals surface area contributed by atoms with Crippen LogP contribution in [0.5, 0.6) is 0 Å². The second-order valence-corrected chi connectivity index (χ2v) is 7.45. The van der Waals surface area contributed by atoms with E-state index in [2.05, 4.69) is 5.32 Å². The highest BCUT2D eigenvalue weighted by atomic mass is 16.5. The maximum atomic E-state index is 13.1. The molecule has 31 heavy (non-hydrogen) atoms. The van der Waals surface area contributed by atoms with Crippen LogP contribution in [-0.4, -0.2) is 24.2 Å². The molecule has 0 aliphatic heterocycles. The number of Topliss-reactive ketones (excluding diaryl/α,β-unsaturated/α-hetero) is 1. The Labute approximate surface area is 182 Å². The minimum atomic E-state index is -1.08. The average molecular weight is 415 g/mol. The maximum absolute atomic E-state index is 13.1. The Bertz CT molecular complexity index is 1040. The van der Waals surface area contributed by atoms with Crippen LogP contribution >= 0.6 is 0 Å². The van der Waals surface area contributed by atoms with E-state index in [1.807, 2.05) is 68.4 Å². The van der Waals surface area contributed by atoms with Crippen LogP contribution in [-0.2, 0) is 20.7 Å². The smallest absolute Gasteiger partial charge is 0.326 e. The Hall–Kier alpha value is -3.73. The lowest BCUT2D eigenvalue weighted by atomic mass is 9.98. The van der Waals surface area contributed by atoms with Crippen LogP contribution in [0.1, 0.15) is 38.7 Å². The zero-order valence-electron chi connectivity index (χ0n) is 17.6. The van der Waals surface area contributed by atoms with Crippen molar-refractivity contribution in [3.8, 4) is 0 Å². The van der Waals surface area contributed by atoms with Crippen LogP contribution in [0.25, 0.3) is 0 Å². The van der Waals surface area contributed by atoms with Gasteiger partial charge in [-0.15, -0.1) is 0 Å². The zero-order valence-corrected chi connectivity index (χ0v) is 17.6. The molecule has 3 rings (SSSR count). The van der Waals surface area contributed by atoms with E-state index in [-0.39, 0.29) is 24.7 Å². The molecule has 0 aliphatic rings. The summed E-state index contributed by atoms with van der Waals surface area (Å²) in [6, 6.07) is 23.6. The van der Waals surface area contributed by atoms with E-state index in [0.29, 0.717) is 11.1 Å². The van der Waals surface area contributed by atoms with Gasteiger partial charge < -0.3 is 10.1 Å². The van der Waals surface area contributed by atoms with Gasteiger partial charge in [0.1, 0.15) is 6.54 Å². The number of carbonyl (C=O) groups is 3. The number of aryl methyl sites for hydroxylation is 2. The molecular formula is C26H25NO4. The highest BCUT2D eigenvalue weighted by Gasteiger charge is 2.26. The van der Waals surface area contributed by atoms with Crippen LogP contribution in [0, 0.1) is 13.8 Å². The molecule has 0 bridgehead atoms. The lowest BCUT2D eigenvalue weighted by Crippen LogP contribution is -2.33. The van der Waals surface area contributed by atoms with Gasteiger partial charge in [0.05, 0.1) is 6.42 Å². The predicted molar refractivity (Wildman–Crippen MR) is 119 cm³/mol. The van der Waals surface area contributed by atoms with Crippen molar-refractivity contribution in [2.45, 2.75) is 26.4 Å². The zero-order chi connectivity index (χ0) is 22.2. The quantitative estimate of drug-likeness (QED) is 0.444. The number of amides is 1. The minimum Gasteiger partial charge on any atom is -0.448 e. The summed E-state index contributed by atoms with van der Waals surface area (Å²) < 4.78 is 5.52. The van der Waals surface area contributed by atoms with Crippen LogP contribution < -0.4 is 5.32 Å². The van der Waals surface area contributed by atoms with Crippen molar-refractivity contribution in [1.29, 1.82) is 0 Å². The van der Waals surface area contributed by atoms with Crippen LogP contribution in [0.2, 0.25) is 0 Å². The lowest BCUT2D eigenvalue weighted by Gasteiger charge is -2.18. The SMILES string of the molecule is Cc1ccc(C(=O)[C@@H](OC(=O)CNC(=O)Cc2ccccc2)c2ccc(C)cc2)cc1. The Morgan fingerprint density at radius 1 is 0.806 bits per heavy atom. The number of esters is 1. The highest BCUT2D eigenvalue weighted by molar-refractivity contribution is 6.01. The predicted octanol–water partition coefficient (Wildman–Crippen LogP) is 4.13. The van der Waals surface area contributed by atoms with Gasteiger partial charge in [0.2, 0.25) is 11.7 Å². The number of hydrogen-bond donors (Lipinski definition) is 1. The van der Waals surface area contributed by atoms with Gasteiger partial charge in [0.15, 0.2) is 6.10 Å². The number of nitrogens with one attached hydrogen (secondary N) is 1. The summed E-state index contributed by atoms with van der Waals surface area (Å²) in [5.41, 5.74) is 3.95. The normalized spacial score (nSPS) is 11.4. The van der Waals surface area contributed by atoms with Crippen LogP contribution in [0.15, 0.2) is 78.9 Å². The molecule has 5 heteroatoms. The molecule has 0 spiro atoms. The standard InChI is InChI=1S/C26H25NO4/c1-18-8-12-21(13-9-18)25(30)26(22-14-10-19(2)11-15-22)31-24(29)17-27-23(28)16-20-6-4-3-5-7-20/h3-15,26H,16-17H2,1-2H3,(H,27,28)/t26-/m0/s1. The van der Waals surface area contributed by atoms with E-state index in [0.717, 1.165) is 16.7 Å². The van der Waals surface area contributed by atoms with Crippen molar-refractivity contribution < 1.29 is 19.1 Å². The fourth-order valence-corrected chi connectivity index (χ4v) is 3.07. The molecule has 3 aromatic carbocycles. The van der Waals surface area contributed by atoms with Crippen LogP contribution in [0.4, 0.5) is 0 Å². The monoisotopic (exact) mass is 415 g/mol. The molecule has 0 unspecified atom stereocenters. The molecule has 3 aromatic rings. The Balaban J connectivity index is 1.68. The fraction of sp³-hybridized carbons (Fsp3) is 0.192.